The highest BCUT2D eigenvalue weighted by Gasteiger charge is 2.07. The van der Waals surface area contributed by atoms with Crippen molar-refractivity contribution in [2.45, 2.75) is 13.3 Å². The van der Waals surface area contributed by atoms with E-state index >= 15 is 0 Å². The van der Waals surface area contributed by atoms with Gasteiger partial charge in [-0.2, -0.15) is 11.8 Å². The summed E-state index contributed by atoms with van der Waals surface area (Å²) in [4.78, 5) is 11.6. The van der Waals surface area contributed by atoms with Gasteiger partial charge in [-0.05, 0) is 36.6 Å². The third-order valence-electron chi connectivity index (χ3n) is 2.48. The van der Waals surface area contributed by atoms with Gasteiger partial charge in [-0.1, -0.05) is 17.3 Å². The lowest BCUT2D eigenvalue weighted by atomic mass is 10.1. The Morgan fingerprint density at radius 2 is 1.94 bits per heavy atom. The zero-order chi connectivity index (χ0) is 13.4. The second-order valence-electron chi connectivity index (χ2n) is 3.73. The molecule has 0 saturated heterocycles. The number of carbonyl (C=O) groups is 1. The Kier molecular flexibility index (Phi) is 6.28. The Hall–Kier alpha value is -1.49. The molecule has 5 heteroatoms. The zero-order valence-corrected chi connectivity index (χ0v) is 11.5. The number of hydrogen-bond donors (Lipinski definition) is 2. The van der Waals surface area contributed by atoms with Gasteiger partial charge in [0.25, 0.3) is 5.91 Å². The second kappa shape index (κ2) is 7.76. The molecule has 1 amide bonds. The predicted molar refractivity (Wildman–Crippen MR) is 75.8 cm³/mol. The minimum Gasteiger partial charge on any atom is -0.411 e. The largest absolute Gasteiger partial charge is 0.411 e. The number of benzene rings is 1. The van der Waals surface area contributed by atoms with Crippen molar-refractivity contribution < 1.29 is 10.0 Å². The lowest BCUT2D eigenvalue weighted by Crippen LogP contribution is -2.22. The Balaban J connectivity index is 2.78. The van der Waals surface area contributed by atoms with E-state index in [1.807, 2.05) is 13.2 Å². The van der Waals surface area contributed by atoms with Crippen LogP contribution in [0.4, 0.5) is 0 Å². The smallest absolute Gasteiger partial charge is 0.251 e. The van der Waals surface area contributed by atoms with Crippen LogP contribution in [0.5, 0.6) is 0 Å². The summed E-state index contributed by atoms with van der Waals surface area (Å²) < 4.78 is 0. The Labute approximate surface area is 111 Å². The van der Waals surface area contributed by atoms with Crippen LogP contribution >= 0.6 is 11.8 Å². The van der Waals surface area contributed by atoms with Gasteiger partial charge in [-0.3, -0.25) is 4.79 Å². The van der Waals surface area contributed by atoms with Gasteiger partial charge in [-0.15, -0.1) is 0 Å². The molecule has 1 rings (SSSR count). The third-order valence-corrected chi connectivity index (χ3v) is 3.09. The molecule has 0 saturated carbocycles. The monoisotopic (exact) mass is 266 g/mol. The minimum absolute atomic E-state index is 0.0874. The van der Waals surface area contributed by atoms with Crippen LogP contribution in [0.2, 0.25) is 0 Å². The van der Waals surface area contributed by atoms with Crippen LogP contribution in [0, 0.1) is 0 Å². The number of nitrogens with one attached hydrogen (secondary N) is 1. The van der Waals surface area contributed by atoms with Crippen molar-refractivity contribution in [2.24, 2.45) is 5.16 Å². The Morgan fingerprint density at radius 1 is 1.33 bits per heavy atom. The predicted octanol–water partition coefficient (Wildman–Crippen LogP) is 2.37. The molecule has 0 atom stereocenters. The molecule has 4 nitrogen and oxygen atoms in total. The molecule has 0 spiro atoms. The highest BCUT2D eigenvalue weighted by Crippen LogP contribution is 2.10. The summed E-state index contributed by atoms with van der Waals surface area (Å²) >= 11 is 1.70. The summed E-state index contributed by atoms with van der Waals surface area (Å²) in [5.74, 6) is 0.813. The minimum atomic E-state index is -0.0874. The van der Waals surface area contributed by atoms with Crippen LogP contribution in [0.1, 0.15) is 29.3 Å². The molecule has 0 fully saturated rings. The van der Waals surface area contributed by atoms with E-state index in [0.29, 0.717) is 24.2 Å². The molecule has 0 heterocycles. The van der Waals surface area contributed by atoms with Crippen LogP contribution < -0.4 is 5.32 Å². The number of carbonyl (C=O) groups excluding carboxylic acids is 1. The number of nitrogens with zero attached hydrogens (tertiary/aromatic N) is 1. The van der Waals surface area contributed by atoms with Gasteiger partial charge in [0.2, 0.25) is 0 Å². The average molecular weight is 266 g/mol. The van der Waals surface area contributed by atoms with Gasteiger partial charge in [0.1, 0.15) is 0 Å². The molecular formula is C13H18N2O2S. The van der Waals surface area contributed by atoms with Crippen molar-refractivity contribution in [3.05, 3.63) is 35.4 Å². The zero-order valence-electron chi connectivity index (χ0n) is 10.6. The molecule has 0 radical (unpaired) electrons. The lowest BCUT2D eigenvalue weighted by Gasteiger charge is -2.06. The summed E-state index contributed by atoms with van der Waals surface area (Å²) in [6.45, 7) is 2.49. The van der Waals surface area contributed by atoms with Gasteiger partial charge in [-0.25, -0.2) is 0 Å². The summed E-state index contributed by atoms with van der Waals surface area (Å²) in [7, 11) is 0. The first kappa shape index (κ1) is 14.6. The lowest BCUT2D eigenvalue weighted by molar-refractivity contribution is 0.0956. The van der Waals surface area contributed by atoms with Crippen molar-refractivity contribution in [3.8, 4) is 0 Å². The van der Waals surface area contributed by atoms with Crippen LogP contribution in [-0.2, 0) is 0 Å². The maximum atomic E-state index is 11.6. The van der Waals surface area contributed by atoms with E-state index in [0.717, 1.165) is 11.3 Å². The van der Waals surface area contributed by atoms with Crippen LogP contribution in [0.15, 0.2) is 29.4 Å². The quantitative estimate of drug-likeness (QED) is 0.472. The van der Waals surface area contributed by atoms with Gasteiger partial charge >= 0.3 is 0 Å². The molecule has 18 heavy (non-hydrogen) atoms. The number of rotatable bonds is 6. The van der Waals surface area contributed by atoms with E-state index in [9.17, 15) is 4.79 Å². The van der Waals surface area contributed by atoms with E-state index in [-0.39, 0.29) is 5.91 Å². The second-order valence-corrected chi connectivity index (χ2v) is 4.71. The van der Waals surface area contributed by atoms with E-state index in [2.05, 4.69) is 10.5 Å². The first-order valence-corrected chi connectivity index (χ1v) is 7.20. The van der Waals surface area contributed by atoms with Crippen molar-refractivity contribution in [3.63, 3.8) is 0 Å². The SMILES string of the molecule is CCNC(=O)c1ccc(/C(CCSC)=N/O)cc1. The van der Waals surface area contributed by atoms with E-state index in [4.69, 9.17) is 5.21 Å². The maximum Gasteiger partial charge on any atom is 0.251 e. The van der Waals surface area contributed by atoms with Gasteiger partial charge in [0.15, 0.2) is 0 Å². The molecule has 2 N–H and O–H groups in total. The average Bonchev–Trinajstić information content (AvgIpc) is 2.40. The summed E-state index contributed by atoms with van der Waals surface area (Å²) in [6, 6.07) is 7.09. The molecule has 1 aromatic rings. The molecule has 0 aliphatic carbocycles. The van der Waals surface area contributed by atoms with Crippen LogP contribution in [0.25, 0.3) is 0 Å². The highest BCUT2D eigenvalue weighted by atomic mass is 32.2. The number of oxime groups is 1. The molecular weight excluding hydrogens is 248 g/mol. The van der Waals surface area contributed by atoms with Gasteiger partial charge in [0.05, 0.1) is 5.71 Å². The Bertz CT molecular complexity index is 416. The van der Waals surface area contributed by atoms with Gasteiger partial charge in [0, 0.05) is 18.5 Å². The number of amides is 1. The summed E-state index contributed by atoms with van der Waals surface area (Å²) in [6.07, 6.45) is 2.71. The Morgan fingerprint density at radius 3 is 2.44 bits per heavy atom. The molecule has 0 aliphatic rings. The van der Waals surface area contributed by atoms with Crippen molar-refractivity contribution in [2.75, 3.05) is 18.6 Å². The molecule has 0 aliphatic heterocycles. The van der Waals surface area contributed by atoms with Gasteiger partial charge < -0.3 is 10.5 Å². The van der Waals surface area contributed by atoms with Crippen LogP contribution in [0.3, 0.4) is 0 Å². The first-order valence-electron chi connectivity index (χ1n) is 5.81. The van der Waals surface area contributed by atoms with E-state index in [1.165, 1.54) is 0 Å². The summed E-state index contributed by atoms with van der Waals surface area (Å²) in [5.41, 5.74) is 2.11. The van der Waals surface area contributed by atoms with Crippen molar-refractivity contribution in [1.82, 2.24) is 5.32 Å². The van der Waals surface area contributed by atoms with Crippen molar-refractivity contribution in [1.29, 1.82) is 0 Å². The molecule has 0 aromatic heterocycles. The molecule has 1 aromatic carbocycles. The maximum absolute atomic E-state index is 11.6. The number of thioether (sulfide) groups is 1. The fourth-order valence-electron chi connectivity index (χ4n) is 1.53. The standard InChI is InChI=1S/C13H18N2O2S/c1-3-14-13(16)11-6-4-10(5-7-11)12(15-17)8-9-18-2/h4-7,17H,3,8-9H2,1-2H3,(H,14,16)/b15-12+. The fraction of sp³-hybridized carbons (Fsp3) is 0.385. The van der Waals surface area contributed by atoms with E-state index in [1.54, 1.807) is 36.0 Å². The normalized spacial score (nSPS) is 11.3. The third kappa shape index (κ3) is 4.07. The first-order chi connectivity index (χ1) is 8.72. The highest BCUT2D eigenvalue weighted by molar-refractivity contribution is 7.98. The van der Waals surface area contributed by atoms with Crippen LogP contribution in [-0.4, -0.2) is 35.4 Å². The summed E-state index contributed by atoms with van der Waals surface area (Å²) in [5, 5.41) is 15.0. The van der Waals surface area contributed by atoms with E-state index < -0.39 is 0 Å². The van der Waals surface area contributed by atoms with Crippen molar-refractivity contribution >= 4 is 23.4 Å². The number of hydrogen-bond acceptors (Lipinski definition) is 4. The molecule has 0 bridgehead atoms. The molecule has 0 unspecified atom stereocenters. The fourth-order valence-corrected chi connectivity index (χ4v) is 1.92. The molecule has 98 valence electrons. The topological polar surface area (TPSA) is 61.7 Å².